The summed E-state index contributed by atoms with van der Waals surface area (Å²) in [6.07, 6.45) is 0. The molecule has 0 aliphatic carbocycles. The number of phenols is 1. The summed E-state index contributed by atoms with van der Waals surface area (Å²) in [5, 5.41) is 9.08. The van der Waals surface area contributed by atoms with Gasteiger partial charge in [0.15, 0.2) is 6.61 Å². The summed E-state index contributed by atoms with van der Waals surface area (Å²) < 4.78 is 31.0. The molecule has 0 bridgehead atoms. The molecule has 0 saturated carbocycles. The smallest absolute Gasteiger partial charge is 0.338 e. The third-order valence-corrected chi connectivity index (χ3v) is 2.67. The van der Waals surface area contributed by atoms with Crippen LogP contribution in [0.15, 0.2) is 42.5 Å². The zero-order valence-electron chi connectivity index (χ0n) is 10.7. The van der Waals surface area contributed by atoms with Gasteiger partial charge in [-0.15, -0.1) is 0 Å². The Bertz CT molecular complexity index is 681. The highest BCUT2D eigenvalue weighted by Gasteiger charge is 2.16. The summed E-state index contributed by atoms with van der Waals surface area (Å²) in [6, 6.07) is 7.64. The number of ether oxygens (including phenoxy) is 1. The molecule has 0 unspecified atom stereocenters. The van der Waals surface area contributed by atoms with Crippen molar-refractivity contribution in [2.75, 3.05) is 6.61 Å². The largest absolute Gasteiger partial charge is 0.508 e. The molecule has 108 valence electrons. The fraction of sp³-hybridized carbons (Fsp3) is 0.0667. The number of halogens is 2. The van der Waals surface area contributed by atoms with Gasteiger partial charge in [-0.1, -0.05) is 0 Å². The van der Waals surface area contributed by atoms with Crippen molar-refractivity contribution in [3.05, 3.63) is 65.2 Å². The Morgan fingerprint density at radius 1 is 1.05 bits per heavy atom. The molecule has 0 aliphatic heterocycles. The van der Waals surface area contributed by atoms with E-state index in [-0.39, 0.29) is 11.3 Å². The number of benzene rings is 2. The van der Waals surface area contributed by atoms with E-state index < -0.39 is 35.6 Å². The van der Waals surface area contributed by atoms with Gasteiger partial charge in [0.2, 0.25) is 5.78 Å². The Morgan fingerprint density at radius 3 is 2.38 bits per heavy atom. The summed E-state index contributed by atoms with van der Waals surface area (Å²) >= 11 is 0. The number of rotatable bonds is 4. The Balaban J connectivity index is 2.02. The zero-order valence-corrected chi connectivity index (χ0v) is 10.7. The van der Waals surface area contributed by atoms with Crippen LogP contribution in [0.4, 0.5) is 8.78 Å². The first kappa shape index (κ1) is 14.6. The molecule has 0 aliphatic rings. The average Bonchev–Trinajstić information content (AvgIpc) is 2.47. The topological polar surface area (TPSA) is 63.6 Å². The Labute approximate surface area is 118 Å². The van der Waals surface area contributed by atoms with Crippen LogP contribution >= 0.6 is 0 Å². The summed E-state index contributed by atoms with van der Waals surface area (Å²) in [4.78, 5) is 23.3. The third kappa shape index (κ3) is 3.62. The van der Waals surface area contributed by atoms with E-state index in [0.717, 1.165) is 18.2 Å². The van der Waals surface area contributed by atoms with Gasteiger partial charge in [0.1, 0.15) is 17.4 Å². The summed E-state index contributed by atoms with van der Waals surface area (Å²) in [6.45, 7) is -0.708. The number of Topliss-reactive ketones (excluding diaryl/α,β-unsaturated/α-hetero) is 1. The first-order valence-corrected chi connectivity index (χ1v) is 5.92. The molecule has 2 aromatic rings. The lowest BCUT2D eigenvalue weighted by Crippen LogP contribution is -2.15. The molecule has 2 rings (SSSR count). The van der Waals surface area contributed by atoms with E-state index >= 15 is 0 Å². The van der Waals surface area contributed by atoms with Crippen LogP contribution in [0.2, 0.25) is 0 Å². The van der Waals surface area contributed by atoms with Gasteiger partial charge in [0.05, 0.1) is 11.1 Å². The van der Waals surface area contributed by atoms with Gasteiger partial charge in [-0.3, -0.25) is 4.79 Å². The van der Waals surface area contributed by atoms with Crippen molar-refractivity contribution in [3.8, 4) is 5.75 Å². The Kier molecular flexibility index (Phi) is 4.27. The second-order valence-corrected chi connectivity index (χ2v) is 4.17. The fourth-order valence-electron chi connectivity index (χ4n) is 1.60. The lowest BCUT2D eigenvalue weighted by molar-refractivity contribution is 0.0473. The molecule has 6 heteroatoms. The van der Waals surface area contributed by atoms with Gasteiger partial charge in [-0.2, -0.15) is 0 Å². The van der Waals surface area contributed by atoms with Crippen LogP contribution in [-0.4, -0.2) is 23.5 Å². The Morgan fingerprint density at radius 2 is 1.71 bits per heavy atom. The quantitative estimate of drug-likeness (QED) is 0.695. The lowest BCUT2D eigenvalue weighted by Gasteiger charge is -2.05. The SMILES string of the molecule is O=C(OCC(=O)c1cc(F)ccc1F)c1ccc(O)cc1. The summed E-state index contributed by atoms with van der Waals surface area (Å²) in [5.41, 5.74) is -0.353. The van der Waals surface area contributed by atoms with Crippen LogP contribution in [0, 0.1) is 11.6 Å². The predicted molar refractivity (Wildman–Crippen MR) is 69.1 cm³/mol. The molecule has 0 radical (unpaired) electrons. The number of phenolic OH excluding ortho intramolecular Hbond substituents is 1. The van der Waals surface area contributed by atoms with Crippen molar-refractivity contribution >= 4 is 11.8 Å². The first-order valence-electron chi connectivity index (χ1n) is 5.92. The van der Waals surface area contributed by atoms with Crippen LogP contribution in [0.1, 0.15) is 20.7 Å². The number of hydrogen-bond donors (Lipinski definition) is 1. The van der Waals surface area contributed by atoms with E-state index in [1.165, 1.54) is 24.3 Å². The van der Waals surface area contributed by atoms with Gasteiger partial charge in [0, 0.05) is 0 Å². The Hall–Kier alpha value is -2.76. The summed E-state index contributed by atoms with van der Waals surface area (Å²) in [7, 11) is 0. The number of esters is 1. The number of ketones is 1. The van der Waals surface area contributed by atoms with Crippen LogP contribution in [0.3, 0.4) is 0 Å². The maximum atomic E-state index is 13.4. The molecule has 0 aromatic heterocycles. The van der Waals surface area contributed by atoms with E-state index in [1.54, 1.807) is 0 Å². The molecule has 0 heterocycles. The average molecular weight is 292 g/mol. The second-order valence-electron chi connectivity index (χ2n) is 4.17. The summed E-state index contributed by atoms with van der Waals surface area (Å²) in [5.74, 6) is -3.32. The highest BCUT2D eigenvalue weighted by Crippen LogP contribution is 2.13. The van der Waals surface area contributed by atoms with E-state index in [2.05, 4.69) is 0 Å². The number of carbonyl (C=O) groups excluding carboxylic acids is 2. The number of aromatic hydroxyl groups is 1. The molecule has 0 atom stereocenters. The number of hydrogen-bond acceptors (Lipinski definition) is 4. The van der Waals surface area contributed by atoms with Gasteiger partial charge in [0.25, 0.3) is 0 Å². The first-order chi connectivity index (χ1) is 9.97. The molecular weight excluding hydrogens is 282 g/mol. The zero-order chi connectivity index (χ0) is 15.4. The monoisotopic (exact) mass is 292 g/mol. The minimum atomic E-state index is -0.887. The maximum Gasteiger partial charge on any atom is 0.338 e. The molecule has 0 saturated heterocycles. The van der Waals surface area contributed by atoms with Crippen molar-refractivity contribution in [1.29, 1.82) is 0 Å². The molecule has 2 aromatic carbocycles. The minimum Gasteiger partial charge on any atom is -0.508 e. The van der Waals surface area contributed by atoms with Crippen LogP contribution < -0.4 is 0 Å². The molecule has 1 N–H and O–H groups in total. The number of carbonyl (C=O) groups is 2. The molecular formula is C15H10F2O4. The maximum absolute atomic E-state index is 13.4. The second kappa shape index (κ2) is 6.13. The van der Waals surface area contributed by atoms with E-state index in [9.17, 15) is 18.4 Å². The minimum absolute atomic E-state index is 0.0236. The van der Waals surface area contributed by atoms with Crippen LogP contribution in [0.5, 0.6) is 5.75 Å². The van der Waals surface area contributed by atoms with Gasteiger partial charge in [-0.05, 0) is 42.5 Å². The van der Waals surface area contributed by atoms with Crippen molar-refractivity contribution in [1.82, 2.24) is 0 Å². The lowest BCUT2D eigenvalue weighted by atomic mass is 10.1. The highest BCUT2D eigenvalue weighted by atomic mass is 19.1. The third-order valence-electron chi connectivity index (χ3n) is 2.67. The molecule has 21 heavy (non-hydrogen) atoms. The fourth-order valence-corrected chi connectivity index (χ4v) is 1.60. The van der Waals surface area contributed by atoms with Gasteiger partial charge >= 0.3 is 5.97 Å². The van der Waals surface area contributed by atoms with Crippen molar-refractivity contribution in [2.45, 2.75) is 0 Å². The molecule has 0 spiro atoms. The van der Waals surface area contributed by atoms with E-state index in [4.69, 9.17) is 9.84 Å². The molecule has 0 amide bonds. The van der Waals surface area contributed by atoms with Crippen LogP contribution in [0.25, 0.3) is 0 Å². The van der Waals surface area contributed by atoms with Gasteiger partial charge in [-0.25, -0.2) is 13.6 Å². The van der Waals surface area contributed by atoms with Crippen molar-refractivity contribution in [3.63, 3.8) is 0 Å². The van der Waals surface area contributed by atoms with E-state index in [1.807, 2.05) is 0 Å². The van der Waals surface area contributed by atoms with E-state index in [0.29, 0.717) is 0 Å². The van der Waals surface area contributed by atoms with Crippen molar-refractivity contribution < 1.29 is 28.2 Å². The van der Waals surface area contributed by atoms with Crippen molar-refractivity contribution in [2.24, 2.45) is 0 Å². The highest BCUT2D eigenvalue weighted by molar-refractivity contribution is 5.99. The molecule has 0 fully saturated rings. The van der Waals surface area contributed by atoms with Crippen LogP contribution in [-0.2, 0) is 4.74 Å². The molecule has 4 nitrogen and oxygen atoms in total. The standard InChI is InChI=1S/C15H10F2O4/c16-10-3-6-13(17)12(7-10)14(19)8-21-15(20)9-1-4-11(18)5-2-9/h1-7,18H,8H2. The normalized spacial score (nSPS) is 10.2. The predicted octanol–water partition coefficient (Wildman–Crippen LogP) is 2.71. The van der Waals surface area contributed by atoms with Gasteiger partial charge < -0.3 is 9.84 Å².